The molecule has 0 saturated heterocycles. The fourth-order valence-electron chi connectivity index (χ4n) is 1.98. The zero-order chi connectivity index (χ0) is 20.0. The Labute approximate surface area is 160 Å². The lowest BCUT2D eigenvalue weighted by molar-refractivity contribution is -0.146. The minimum absolute atomic E-state index is 0.329. The number of rotatable bonds is 7. The average molecular weight is 415 g/mol. The van der Waals surface area contributed by atoms with Crippen LogP contribution in [0.1, 0.15) is 5.56 Å². The van der Waals surface area contributed by atoms with Gasteiger partial charge in [0.25, 0.3) is 5.91 Å². The zero-order valence-corrected chi connectivity index (χ0v) is 15.7. The maximum atomic E-state index is 13.1. The first-order valence-corrected chi connectivity index (χ1v) is 9.50. The van der Waals surface area contributed by atoms with Gasteiger partial charge in [0, 0.05) is 10.7 Å². The van der Waals surface area contributed by atoms with Crippen LogP contribution in [-0.4, -0.2) is 33.4 Å². The van der Waals surface area contributed by atoms with E-state index >= 15 is 0 Å². The van der Waals surface area contributed by atoms with Crippen molar-refractivity contribution >= 4 is 39.2 Å². The number of hydrogen-bond acceptors (Lipinski definition) is 5. The first-order valence-electron chi connectivity index (χ1n) is 7.64. The Morgan fingerprint density at radius 3 is 2.63 bits per heavy atom. The number of carbonyl (C=O) groups excluding carboxylic acids is 2. The maximum absolute atomic E-state index is 13.1. The maximum Gasteiger partial charge on any atom is 0.321 e. The summed E-state index contributed by atoms with van der Waals surface area (Å²) in [4.78, 5) is 23.1. The molecule has 0 bridgehead atoms. The highest BCUT2D eigenvalue weighted by Gasteiger charge is 2.17. The fraction of sp³-hybridized carbons (Fsp3) is 0.176. The first-order chi connectivity index (χ1) is 12.7. The van der Waals surface area contributed by atoms with E-state index in [1.54, 1.807) is 25.1 Å². The normalized spacial score (nSPS) is 11.1. The van der Waals surface area contributed by atoms with Gasteiger partial charge in [0.15, 0.2) is 6.61 Å². The molecule has 2 N–H and O–H groups in total. The number of hydrogen-bond donors (Lipinski definition) is 2. The van der Waals surface area contributed by atoms with E-state index in [-0.39, 0.29) is 4.90 Å². The first kappa shape index (κ1) is 20.8. The van der Waals surface area contributed by atoms with Crippen LogP contribution in [0.2, 0.25) is 5.02 Å². The van der Waals surface area contributed by atoms with Crippen molar-refractivity contribution in [2.75, 3.05) is 18.5 Å². The summed E-state index contributed by atoms with van der Waals surface area (Å²) >= 11 is 5.85. The Kier molecular flexibility index (Phi) is 6.89. The number of nitrogens with one attached hydrogen (secondary N) is 2. The Bertz CT molecular complexity index is 966. The summed E-state index contributed by atoms with van der Waals surface area (Å²) in [5.41, 5.74) is 1.23. The fourth-order valence-corrected chi connectivity index (χ4v) is 3.16. The summed E-state index contributed by atoms with van der Waals surface area (Å²) < 4.78 is 43.7. The van der Waals surface area contributed by atoms with Crippen LogP contribution in [0.3, 0.4) is 0 Å². The lowest BCUT2D eigenvalue weighted by Gasteiger charge is -2.10. The van der Waals surface area contributed by atoms with Crippen LogP contribution >= 0.6 is 11.6 Å². The van der Waals surface area contributed by atoms with E-state index in [4.69, 9.17) is 16.3 Å². The summed E-state index contributed by atoms with van der Waals surface area (Å²) in [7, 11) is -4.08. The summed E-state index contributed by atoms with van der Waals surface area (Å²) in [5.74, 6) is -2.30. The minimum Gasteiger partial charge on any atom is -0.455 e. The molecule has 0 aliphatic carbocycles. The van der Waals surface area contributed by atoms with Gasteiger partial charge in [-0.05, 0) is 42.8 Å². The van der Waals surface area contributed by atoms with Crippen LogP contribution in [0.5, 0.6) is 0 Å². The number of esters is 1. The van der Waals surface area contributed by atoms with Crippen LogP contribution in [0.25, 0.3) is 0 Å². The molecule has 0 saturated carbocycles. The van der Waals surface area contributed by atoms with Gasteiger partial charge in [-0.3, -0.25) is 9.59 Å². The van der Waals surface area contributed by atoms with Crippen LogP contribution in [0.15, 0.2) is 47.4 Å². The highest BCUT2D eigenvalue weighted by Crippen LogP contribution is 2.20. The summed E-state index contributed by atoms with van der Waals surface area (Å²) in [6.07, 6.45) is 0. The molecule has 10 heteroatoms. The van der Waals surface area contributed by atoms with Crippen molar-refractivity contribution < 1.29 is 27.1 Å². The molecule has 2 aromatic carbocycles. The average Bonchev–Trinajstić information content (AvgIpc) is 2.61. The van der Waals surface area contributed by atoms with Crippen LogP contribution in [0, 0.1) is 12.7 Å². The Balaban J connectivity index is 1.83. The molecule has 0 fully saturated rings. The summed E-state index contributed by atoms with van der Waals surface area (Å²) in [5, 5.41) is 2.96. The second-order valence-electron chi connectivity index (χ2n) is 5.45. The molecule has 0 radical (unpaired) electrons. The molecule has 2 rings (SSSR count). The number of carbonyl (C=O) groups is 2. The summed E-state index contributed by atoms with van der Waals surface area (Å²) in [6, 6.07) is 9.23. The van der Waals surface area contributed by atoms with Crippen molar-refractivity contribution in [1.29, 1.82) is 0 Å². The smallest absolute Gasteiger partial charge is 0.321 e. The van der Waals surface area contributed by atoms with Gasteiger partial charge in [-0.1, -0.05) is 23.7 Å². The number of sulfonamides is 1. The molecule has 27 heavy (non-hydrogen) atoms. The number of ether oxygens (including phenoxy) is 1. The zero-order valence-electron chi connectivity index (χ0n) is 14.2. The number of anilines is 1. The van der Waals surface area contributed by atoms with Crippen molar-refractivity contribution in [3.8, 4) is 0 Å². The molecule has 7 nitrogen and oxygen atoms in total. The van der Waals surface area contributed by atoms with E-state index in [9.17, 15) is 22.4 Å². The third kappa shape index (κ3) is 6.31. The van der Waals surface area contributed by atoms with E-state index in [1.165, 1.54) is 12.1 Å². The largest absolute Gasteiger partial charge is 0.455 e. The molecular weight excluding hydrogens is 399 g/mol. The molecular formula is C17H16ClFN2O5S. The third-order valence-corrected chi connectivity index (χ3v) is 4.98. The lowest BCUT2D eigenvalue weighted by Crippen LogP contribution is -2.32. The Hall–Kier alpha value is -2.49. The van der Waals surface area contributed by atoms with Gasteiger partial charge in [-0.2, -0.15) is 4.72 Å². The molecule has 144 valence electrons. The Morgan fingerprint density at radius 2 is 1.93 bits per heavy atom. The van der Waals surface area contributed by atoms with E-state index < -0.39 is 40.9 Å². The van der Waals surface area contributed by atoms with Crippen molar-refractivity contribution in [1.82, 2.24) is 4.72 Å². The molecule has 0 aromatic heterocycles. The topological polar surface area (TPSA) is 102 Å². The van der Waals surface area contributed by atoms with Crippen molar-refractivity contribution in [3.05, 3.63) is 58.9 Å². The van der Waals surface area contributed by atoms with Gasteiger partial charge in [0.1, 0.15) is 12.4 Å². The predicted octanol–water partition coefficient (Wildman–Crippen LogP) is 2.25. The van der Waals surface area contributed by atoms with Gasteiger partial charge in [0.2, 0.25) is 10.0 Å². The molecule has 0 heterocycles. The van der Waals surface area contributed by atoms with Gasteiger partial charge < -0.3 is 10.1 Å². The molecule has 2 aromatic rings. The van der Waals surface area contributed by atoms with Crippen molar-refractivity contribution in [3.63, 3.8) is 0 Å². The molecule has 0 aliphatic rings. The number of halogens is 2. The van der Waals surface area contributed by atoms with Crippen molar-refractivity contribution in [2.45, 2.75) is 11.8 Å². The third-order valence-electron chi connectivity index (χ3n) is 3.35. The van der Waals surface area contributed by atoms with E-state index in [0.29, 0.717) is 10.7 Å². The van der Waals surface area contributed by atoms with Gasteiger partial charge in [-0.25, -0.2) is 12.8 Å². The van der Waals surface area contributed by atoms with Gasteiger partial charge in [-0.15, -0.1) is 0 Å². The Morgan fingerprint density at radius 1 is 1.19 bits per heavy atom. The number of amides is 1. The van der Waals surface area contributed by atoms with Gasteiger partial charge >= 0.3 is 5.97 Å². The van der Waals surface area contributed by atoms with Crippen molar-refractivity contribution in [2.24, 2.45) is 0 Å². The molecule has 0 spiro atoms. The van der Waals surface area contributed by atoms with Crippen LogP contribution < -0.4 is 10.0 Å². The molecule has 0 atom stereocenters. The number of benzene rings is 2. The highest BCUT2D eigenvalue weighted by atomic mass is 35.5. The summed E-state index contributed by atoms with van der Waals surface area (Å²) in [6.45, 7) is 0.452. The number of aryl methyl sites for hydroxylation is 1. The van der Waals surface area contributed by atoms with Crippen LogP contribution in [0.4, 0.5) is 10.1 Å². The van der Waals surface area contributed by atoms with E-state index in [0.717, 1.165) is 17.7 Å². The van der Waals surface area contributed by atoms with Gasteiger partial charge in [0.05, 0.1) is 4.90 Å². The lowest BCUT2D eigenvalue weighted by atomic mass is 10.2. The van der Waals surface area contributed by atoms with E-state index in [1.807, 2.05) is 4.72 Å². The predicted molar refractivity (Wildman–Crippen MR) is 97.4 cm³/mol. The minimum atomic E-state index is -4.08. The van der Waals surface area contributed by atoms with Crippen LogP contribution in [-0.2, 0) is 24.3 Å². The quantitative estimate of drug-likeness (QED) is 0.676. The SMILES string of the molecule is Cc1ccc(Cl)cc1NC(=O)COC(=O)CNS(=O)(=O)c1cccc(F)c1. The van der Waals surface area contributed by atoms with E-state index in [2.05, 4.69) is 5.32 Å². The second-order valence-corrected chi connectivity index (χ2v) is 7.65. The second kappa shape index (κ2) is 8.94. The highest BCUT2D eigenvalue weighted by molar-refractivity contribution is 7.89. The molecule has 0 aliphatic heterocycles. The standard InChI is InChI=1S/C17H16ClFN2O5S/c1-11-5-6-12(18)7-15(11)21-16(22)10-26-17(23)9-20-27(24,25)14-4-2-3-13(19)8-14/h2-8,20H,9-10H2,1H3,(H,21,22). The monoisotopic (exact) mass is 414 g/mol. The molecule has 0 unspecified atom stereocenters. The molecule has 1 amide bonds.